The maximum atomic E-state index is 12.1. The van der Waals surface area contributed by atoms with E-state index in [1.807, 2.05) is 24.3 Å². The molecule has 1 heterocycles. The molecule has 28 heavy (non-hydrogen) atoms. The van der Waals surface area contributed by atoms with Crippen molar-refractivity contribution in [2.24, 2.45) is 0 Å². The van der Waals surface area contributed by atoms with Gasteiger partial charge in [-0.05, 0) is 61.4 Å². The standard InChI is InChI=1S/C22H26N2O4/c1-27-22(26)17-6-12-20(13-7-17)28-16-21(25)23-18-8-10-19(11-9-18)24-14-4-2-3-5-15-24/h6-13H,2-5,14-16H2,1H3,(H,23,25). The molecule has 0 spiro atoms. The number of amides is 1. The lowest BCUT2D eigenvalue weighted by molar-refractivity contribution is -0.118. The quantitative estimate of drug-likeness (QED) is 0.768. The minimum absolute atomic E-state index is 0.106. The Hall–Kier alpha value is -3.02. The molecule has 148 valence electrons. The van der Waals surface area contributed by atoms with Gasteiger partial charge >= 0.3 is 5.97 Å². The number of esters is 1. The number of hydrogen-bond donors (Lipinski definition) is 1. The van der Waals surface area contributed by atoms with Crippen LogP contribution in [0.2, 0.25) is 0 Å². The van der Waals surface area contributed by atoms with Crippen molar-refractivity contribution in [2.75, 3.05) is 37.0 Å². The minimum atomic E-state index is -0.409. The summed E-state index contributed by atoms with van der Waals surface area (Å²) in [6.45, 7) is 2.08. The van der Waals surface area contributed by atoms with Crippen LogP contribution in [0.25, 0.3) is 0 Å². The van der Waals surface area contributed by atoms with Crippen LogP contribution in [0.5, 0.6) is 5.75 Å². The van der Waals surface area contributed by atoms with Gasteiger partial charge in [-0.25, -0.2) is 4.79 Å². The first-order valence-corrected chi connectivity index (χ1v) is 9.62. The number of methoxy groups -OCH3 is 1. The smallest absolute Gasteiger partial charge is 0.337 e. The van der Waals surface area contributed by atoms with Crippen molar-refractivity contribution in [3.05, 3.63) is 54.1 Å². The van der Waals surface area contributed by atoms with E-state index in [2.05, 4.69) is 15.0 Å². The molecule has 0 radical (unpaired) electrons. The van der Waals surface area contributed by atoms with Crippen molar-refractivity contribution in [3.63, 3.8) is 0 Å². The van der Waals surface area contributed by atoms with Crippen LogP contribution in [0.3, 0.4) is 0 Å². The molecule has 1 aliphatic heterocycles. The summed E-state index contributed by atoms with van der Waals surface area (Å²) in [7, 11) is 1.33. The molecule has 0 saturated carbocycles. The van der Waals surface area contributed by atoms with Gasteiger partial charge in [0, 0.05) is 24.5 Å². The van der Waals surface area contributed by atoms with Crippen molar-refractivity contribution in [1.29, 1.82) is 0 Å². The number of nitrogens with one attached hydrogen (secondary N) is 1. The molecule has 2 aromatic carbocycles. The molecule has 2 aromatic rings. The zero-order valence-corrected chi connectivity index (χ0v) is 16.1. The number of carbonyl (C=O) groups is 2. The molecular weight excluding hydrogens is 356 g/mol. The molecule has 1 fully saturated rings. The van der Waals surface area contributed by atoms with Crippen LogP contribution >= 0.6 is 0 Å². The Morgan fingerprint density at radius 3 is 2.18 bits per heavy atom. The average Bonchev–Trinajstić information content (AvgIpc) is 3.02. The maximum absolute atomic E-state index is 12.1. The van der Waals surface area contributed by atoms with Gasteiger partial charge in [-0.1, -0.05) is 12.8 Å². The molecule has 0 atom stereocenters. The predicted octanol–water partition coefficient (Wildman–Crippen LogP) is 3.87. The second-order valence-corrected chi connectivity index (χ2v) is 6.80. The Morgan fingerprint density at radius 1 is 0.929 bits per heavy atom. The molecule has 0 aromatic heterocycles. The normalized spacial score (nSPS) is 14.1. The summed E-state index contributed by atoms with van der Waals surface area (Å²) in [6, 6.07) is 14.4. The highest BCUT2D eigenvalue weighted by Gasteiger charge is 2.10. The number of carbonyl (C=O) groups excluding carboxylic acids is 2. The second-order valence-electron chi connectivity index (χ2n) is 6.80. The van der Waals surface area contributed by atoms with Crippen molar-refractivity contribution in [1.82, 2.24) is 0 Å². The zero-order valence-electron chi connectivity index (χ0n) is 16.1. The Morgan fingerprint density at radius 2 is 1.57 bits per heavy atom. The first kappa shape index (κ1) is 19.7. The Kier molecular flexibility index (Phi) is 6.89. The van der Waals surface area contributed by atoms with Crippen LogP contribution in [0.1, 0.15) is 36.0 Å². The van der Waals surface area contributed by atoms with Gasteiger partial charge in [-0.2, -0.15) is 0 Å². The van der Waals surface area contributed by atoms with E-state index >= 15 is 0 Å². The van der Waals surface area contributed by atoms with Gasteiger partial charge in [-0.3, -0.25) is 4.79 Å². The fourth-order valence-electron chi connectivity index (χ4n) is 3.24. The van der Waals surface area contributed by atoms with Gasteiger partial charge in [0.15, 0.2) is 6.61 Å². The fraction of sp³-hybridized carbons (Fsp3) is 0.364. The van der Waals surface area contributed by atoms with Crippen LogP contribution in [0.15, 0.2) is 48.5 Å². The third-order valence-corrected chi connectivity index (χ3v) is 4.77. The van der Waals surface area contributed by atoms with E-state index in [0.29, 0.717) is 11.3 Å². The van der Waals surface area contributed by atoms with Gasteiger partial charge in [0.25, 0.3) is 5.91 Å². The zero-order chi connectivity index (χ0) is 19.8. The van der Waals surface area contributed by atoms with Gasteiger partial charge in [0.1, 0.15) is 5.75 Å². The number of hydrogen-bond acceptors (Lipinski definition) is 5. The lowest BCUT2D eigenvalue weighted by Crippen LogP contribution is -2.24. The highest BCUT2D eigenvalue weighted by Crippen LogP contribution is 2.21. The fourth-order valence-corrected chi connectivity index (χ4v) is 3.24. The van der Waals surface area contributed by atoms with E-state index < -0.39 is 5.97 Å². The van der Waals surface area contributed by atoms with Crippen molar-refractivity contribution < 1.29 is 19.1 Å². The molecule has 1 amide bonds. The lowest BCUT2D eigenvalue weighted by atomic mass is 10.2. The van der Waals surface area contributed by atoms with Crippen molar-refractivity contribution >= 4 is 23.3 Å². The van der Waals surface area contributed by atoms with E-state index in [-0.39, 0.29) is 12.5 Å². The number of anilines is 2. The summed E-state index contributed by atoms with van der Waals surface area (Å²) in [6.07, 6.45) is 5.07. The molecule has 3 rings (SSSR count). The summed E-state index contributed by atoms with van der Waals surface area (Å²) in [5.41, 5.74) is 2.37. The van der Waals surface area contributed by atoms with E-state index in [1.54, 1.807) is 24.3 Å². The summed E-state index contributed by atoms with van der Waals surface area (Å²) in [4.78, 5) is 25.9. The summed E-state index contributed by atoms with van der Waals surface area (Å²) in [5, 5.41) is 2.84. The Balaban J connectivity index is 1.48. The maximum Gasteiger partial charge on any atom is 0.337 e. The minimum Gasteiger partial charge on any atom is -0.484 e. The van der Waals surface area contributed by atoms with Gasteiger partial charge in [0.05, 0.1) is 12.7 Å². The van der Waals surface area contributed by atoms with E-state index in [0.717, 1.165) is 18.8 Å². The molecule has 1 saturated heterocycles. The van der Waals surface area contributed by atoms with Gasteiger partial charge < -0.3 is 19.7 Å². The molecule has 0 unspecified atom stereocenters. The Labute approximate surface area is 165 Å². The van der Waals surface area contributed by atoms with Crippen LogP contribution in [-0.2, 0) is 9.53 Å². The number of rotatable bonds is 6. The highest BCUT2D eigenvalue weighted by atomic mass is 16.5. The third kappa shape index (κ3) is 5.49. The predicted molar refractivity (Wildman–Crippen MR) is 109 cm³/mol. The van der Waals surface area contributed by atoms with Gasteiger partial charge in [0.2, 0.25) is 0 Å². The van der Waals surface area contributed by atoms with Crippen LogP contribution in [0, 0.1) is 0 Å². The summed E-state index contributed by atoms with van der Waals surface area (Å²) in [5.74, 6) is -0.133. The third-order valence-electron chi connectivity index (χ3n) is 4.77. The molecule has 6 nitrogen and oxygen atoms in total. The van der Waals surface area contributed by atoms with Crippen LogP contribution in [-0.4, -0.2) is 38.7 Å². The van der Waals surface area contributed by atoms with Crippen LogP contribution < -0.4 is 15.0 Å². The monoisotopic (exact) mass is 382 g/mol. The van der Waals surface area contributed by atoms with E-state index in [1.165, 1.54) is 38.5 Å². The van der Waals surface area contributed by atoms with Gasteiger partial charge in [-0.15, -0.1) is 0 Å². The number of ether oxygens (including phenoxy) is 2. The first-order valence-electron chi connectivity index (χ1n) is 9.62. The topological polar surface area (TPSA) is 67.9 Å². The average molecular weight is 382 g/mol. The first-order chi connectivity index (χ1) is 13.7. The van der Waals surface area contributed by atoms with E-state index in [9.17, 15) is 9.59 Å². The van der Waals surface area contributed by atoms with E-state index in [4.69, 9.17) is 4.74 Å². The largest absolute Gasteiger partial charge is 0.484 e. The molecule has 0 aliphatic carbocycles. The summed E-state index contributed by atoms with van der Waals surface area (Å²) >= 11 is 0. The highest BCUT2D eigenvalue weighted by molar-refractivity contribution is 5.92. The molecular formula is C22H26N2O4. The summed E-state index contributed by atoms with van der Waals surface area (Å²) < 4.78 is 10.1. The molecule has 1 aliphatic rings. The molecule has 6 heteroatoms. The molecule has 1 N–H and O–H groups in total. The second kappa shape index (κ2) is 9.78. The van der Waals surface area contributed by atoms with Crippen LogP contribution in [0.4, 0.5) is 11.4 Å². The molecule has 0 bridgehead atoms. The Bertz CT molecular complexity index is 779. The van der Waals surface area contributed by atoms with Crippen molar-refractivity contribution in [3.8, 4) is 5.75 Å². The SMILES string of the molecule is COC(=O)c1ccc(OCC(=O)Nc2ccc(N3CCCCCC3)cc2)cc1. The number of benzene rings is 2. The lowest BCUT2D eigenvalue weighted by Gasteiger charge is -2.22. The number of nitrogens with zero attached hydrogens (tertiary/aromatic N) is 1. The van der Waals surface area contributed by atoms with Crippen molar-refractivity contribution in [2.45, 2.75) is 25.7 Å².